The third kappa shape index (κ3) is 2.80. The van der Waals surface area contributed by atoms with Crippen LogP contribution in [0.2, 0.25) is 0 Å². The minimum atomic E-state index is -0.304. The smallest absolute Gasteiger partial charge is 0.115 e. The third-order valence-electron chi connectivity index (χ3n) is 2.80. The van der Waals surface area contributed by atoms with E-state index in [0.717, 1.165) is 11.1 Å². The van der Waals surface area contributed by atoms with Crippen molar-refractivity contribution < 1.29 is 10.2 Å². The standard InChI is InChI=1S/C15H13NO2/c16-10-13(12-2-1-3-15(18)9-12)8-11-4-6-14(17)7-5-11/h1-7,9,13,17-18H,8H2/t13-/m1/s1. The molecule has 2 rings (SSSR count). The van der Waals surface area contributed by atoms with E-state index in [4.69, 9.17) is 0 Å². The number of nitriles is 1. The molecule has 0 aliphatic heterocycles. The van der Waals surface area contributed by atoms with Crippen LogP contribution in [0.5, 0.6) is 11.5 Å². The van der Waals surface area contributed by atoms with Crippen LogP contribution in [0.4, 0.5) is 0 Å². The van der Waals surface area contributed by atoms with Gasteiger partial charge in [-0.3, -0.25) is 0 Å². The van der Waals surface area contributed by atoms with Crippen LogP contribution in [0.3, 0.4) is 0 Å². The van der Waals surface area contributed by atoms with Crippen molar-refractivity contribution in [2.75, 3.05) is 0 Å². The largest absolute Gasteiger partial charge is 0.508 e. The number of hydrogen-bond donors (Lipinski definition) is 2. The van der Waals surface area contributed by atoms with Crippen LogP contribution in [0.1, 0.15) is 17.0 Å². The van der Waals surface area contributed by atoms with Gasteiger partial charge >= 0.3 is 0 Å². The van der Waals surface area contributed by atoms with E-state index in [2.05, 4.69) is 6.07 Å². The van der Waals surface area contributed by atoms with Crippen LogP contribution in [-0.2, 0) is 6.42 Å². The summed E-state index contributed by atoms with van der Waals surface area (Å²) in [5.74, 6) is 0.0738. The van der Waals surface area contributed by atoms with E-state index in [1.165, 1.54) is 0 Å². The maximum Gasteiger partial charge on any atom is 0.115 e. The highest BCUT2D eigenvalue weighted by atomic mass is 16.3. The Labute approximate surface area is 106 Å². The maximum absolute atomic E-state index is 9.42. The number of phenols is 2. The number of nitrogens with zero attached hydrogens (tertiary/aromatic N) is 1. The van der Waals surface area contributed by atoms with E-state index in [0.29, 0.717) is 6.42 Å². The number of hydrogen-bond acceptors (Lipinski definition) is 3. The second-order valence-electron chi connectivity index (χ2n) is 4.15. The molecule has 0 spiro atoms. The van der Waals surface area contributed by atoms with Crippen LogP contribution in [-0.4, -0.2) is 10.2 Å². The molecule has 2 aromatic rings. The molecule has 0 heterocycles. The number of aromatic hydroxyl groups is 2. The lowest BCUT2D eigenvalue weighted by Gasteiger charge is -2.10. The van der Waals surface area contributed by atoms with Gasteiger partial charge in [0.2, 0.25) is 0 Å². The molecular weight excluding hydrogens is 226 g/mol. The Morgan fingerprint density at radius 3 is 2.33 bits per heavy atom. The van der Waals surface area contributed by atoms with Gasteiger partial charge in [0.1, 0.15) is 11.5 Å². The van der Waals surface area contributed by atoms with Crippen LogP contribution < -0.4 is 0 Å². The third-order valence-corrected chi connectivity index (χ3v) is 2.80. The monoisotopic (exact) mass is 239 g/mol. The summed E-state index contributed by atoms with van der Waals surface area (Å²) in [5.41, 5.74) is 1.77. The molecule has 90 valence electrons. The molecular formula is C15H13NO2. The van der Waals surface area contributed by atoms with Gasteiger partial charge in [0.05, 0.1) is 12.0 Å². The molecule has 3 heteroatoms. The second-order valence-corrected chi connectivity index (χ2v) is 4.15. The van der Waals surface area contributed by atoms with E-state index in [1.54, 1.807) is 42.5 Å². The molecule has 2 N–H and O–H groups in total. The Hall–Kier alpha value is -2.47. The van der Waals surface area contributed by atoms with Crippen LogP contribution in [0, 0.1) is 11.3 Å². The van der Waals surface area contributed by atoms with E-state index < -0.39 is 0 Å². The second kappa shape index (κ2) is 5.24. The Morgan fingerprint density at radius 1 is 1.00 bits per heavy atom. The summed E-state index contributed by atoms with van der Waals surface area (Å²) < 4.78 is 0. The zero-order valence-corrected chi connectivity index (χ0v) is 9.74. The van der Waals surface area contributed by atoms with Crippen LogP contribution in [0.15, 0.2) is 48.5 Å². The molecule has 18 heavy (non-hydrogen) atoms. The quantitative estimate of drug-likeness (QED) is 0.865. The van der Waals surface area contributed by atoms with Crippen molar-refractivity contribution in [2.24, 2.45) is 0 Å². The Bertz CT molecular complexity index is 570. The molecule has 0 bridgehead atoms. The van der Waals surface area contributed by atoms with Gasteiger partial charge < -0.3 is 10.2 Å². The minimum Gasteiger partial charge on any atom is -0.508 e. The van der Waals surface area contributed by atoms with Gasteiger partial charge in [0.25, 0.3) is 0 Å². The molecule has 1 atom stereocenters. The number of benzene rings is 2. The van der Waals surface area contributed by atoms with Crippen molar-refractivity contribution in [1.82, 2.24) is 0 Å². The average Bonchev–Trinajstić information content (AvgIpc) is 2.38. The van der Waals surface area contributed by atoms with E-state index >= 15 is 0 Å². The molecule has 0 aliphatic carbocycles. The van der Waals surface area contributed by atoms with Gasteiger partial charge in [-0.25, -0.2) is 0 Å². The summed E-state index contributed by atoms with van der Waals surface area (Å²) in [7, 11) is 0. The fraction of sp³-hybridized carbons (Fsp3) is 0.133. The van der Waals surface area contributed by atoms with E-state index in [-0.39, 0.29) is 17.4 Å². The molecule has 0 amide bonds. The van der Waals surface area contributed by atoms with Gasteiger partial charge in [-0.05, 0) is 41.8 Å². The summed E-state index contributed by atoms with van der Waals surface area (Å²) in [6, 6.07) is 15.8. The zero-order valence-electron chi connectivity index (χ0n) is 9.74. The Kier molecular flexibility index (Phi) is 3.49. The number of rotatable bonds is 3. The van der Waals surface area contributed by atoms with Gasteiger partial charge in [-0.2, -0.15) is 5.26 Å². The van der Waals surface area contributed by atoms with Crippen molar-refractivity contribution >= 4 is 0 Å². The molecule has 0 aromatic heterocycles. The zero-order chi connectivity index (χ0) is 13.0. The maximum atomic E-state index is 9.42. The first-order valence-corrected chi connectivity index (χ1v) is 5.65. The predicted molar refractivity (Wildman–Crippen MR) is 68.3 cm³/mol. The molecule has 0 saturated heterocycles. The topological polar surface area (TPSA) is 64.2 Å². The molecule has 0 saturated carbocycles. The molecule has 0 unspecified atom stereocenters. The summed E-state index contributed by atoms with van der Waals surface area (Å²) in [6.07, 6.45) is 0.556. The van der Waals surface area contributed by atoms with E-state index in [9.17, 15) is 15.5 Å². The van der Waals surface area contributed by atoms with Gasteiger partial charge in [-0.1, -0.05) is 24.3 Å². The van der Waals surface area contributed by atoms with Crippen molar-refractivity contribution in [3.8, 4) is 17.6 Å². The average molecular weight is 239 g/mol. The summed E-state index contributed by atoms with van der Waals surface area (Å²) in [6.45, 7) is 0. The summed E-state index contributed by atoms with van der Waals surface area (Å²) >= 11 is 0. The fourth-order valence-corrected chi connectivity index (χ4v) is 1.85. The molecule has 2 aromatic carbocycles. The highest BCUT2D eigenvalue weighted by Crippen LogP contribution is 2.24. The normalized spacial score (nSPS) is 11.7. The molecule has 0 fully saturated rings. The lowest BCUT2D eigenvalue weighted by Crippen LogP contribution is -2.00. The van der Waals surface area contributed by atoms with Crippen molar-refractivity contribution in [1.29, 1.82) is 5.26 Å². The predicted octanol–water partition coefficient (Wildman–Crippen LogP) is 2.95. The summed E-state index contributed by atoms with van der Waals surface area (Å²) in [5, 5.41) is 27.8. The molecule has 3 nitrogen and oxygen atoms in total. The van der Waals surface area contributed by atoms with E-state index in [1.807, 2.05) is 6.07 Å². The Morgan fingerprint density at radius 2 is 1.72 bits per heavy atom. The van der Waals surface area contributed by atoms with Gasteiger partial charge in [0, 0.05) is 0 Å². The lowest BCUT2D eigenvalue weighted by molar-refractivity contribution is 0.474. The molecule has 0 radical (unpaired) electrons. The minimum absolute atomic E-state index is 0.165. The van der Waals surface area contributed by atoms with Crippen LogP contribution in [0.25, 0.3) is 0 Å². The van der Waals surface area contributed by atoms with Gasteiger partial charge in [-0.15, -0.1) is 0 Å². The molecule has 0 aliphatic rings. The number of phenolic OH excluding ortho intramolecular Hbond substituents is 2. The van der Waals surface area contributed by atoms with Crippen molar-refractivity contribution in [3.05, 3.63) is 59.7 Å². The van der Waals surface area contributed by atoms with Gasteiger partial charge in [0.15, 0.2) is 0 Å². The fourth-order valence-electron chi connectivity index (χ4n) is 1.85. The summed E-state index contributed by atoms with van der Waals surface area (Å²) in [4.78, 5) is 0. The van der Waals surface area contributed by atoms with Crippen LogP contribution >= 0.6 is 0 Å². The SMILES string of the molecule is N#C[C@@H](Cc1ccc(O)cc1)c1cccc(O)c1. The highest BCUT2D eigenvalue weighted by Gasteiger charge is 2.12. The first-order chi connectivity index (χ1) is 8.69. The van der Waals surface area contributed by atoms with Crippen molar-refractivity contribution in [2.45, 2.75) is 12.3 Å². The lowest BCUT2D eigenvalue weighted by atomic mass is 9.93. The van der Waals surface area contributed by atoms with Crippen molar-refractivity contribution in [3.63, 3.8) is 0 Å². The first kappa shape index (κ1) is 12.0. The first-order valence-electron chi connectivity index (χ1n) is 5.65. The highest BCUT2D eigenvalue weighted by molar-refractivity contribution is 5.35. The Balaban J connectivity index is 2.20.